The highest BCUT2D eigenvalue weighted by Crippen LogP contribution is 2.57. The zero-order valence-corrected chi connectivity index (χ0v) is 13.1. The van der Waals surface area contributed by atoms with Gasteiger partial charge in [-0.15, -0.1) is 0 Å². The summed E-state index contributed by atoms with van der Waals surface area (Å²) in [5.41, 5.74) is 1.81. The van der Waals surface area contributed by atoms with Gasteiger partial charge in [0.05, 0.1) is 24.3 Å². The standard InChI is InChI=1S/C16H14Cl2O3/c1-19-10-8-11(20-2)14(18)12(13(10)17)16-15(21-16)9-6-4-3-5-7-9/h3-8,15-16H,1-2H3. The second-order valence-corrected chi connectivity index (χ2v) is 5.47. The highest BCUT2D eigenvalue weighted by atomic mass is 35.5. The lowest BCUT2D eigenvalue weighted by Crippen LogP contribution is -1.96. The van der Waals surface area contributed by atoms with Crippen LogP contribution in [0.5, 0.6) is 11.5 Å². The quantitative estimate of drug-likeness (QED) is 0.755. The first-order valence-corrected chi connectivity index (χ1v) is 7.23. The third kappa shape index (κ3) is 2.57. The zero-order valence-electron chi connectivity index (χ0n) is 11.6. The molecule has 1 heterocycles. The maximum absolute atomic E-state index is 6.39. The Morgan fingerprint density at radius 2 is 1.48 bits per heavy atom. The van der Waals surface area contributed by atoms with Gasteiger partial charge in [0.15, 0.2) is 0 Å². The molecule has 1 saturated heterocycles. The fourth-order valence-corrected chi connectivity index (χ4v) is 3.10. The van der Waals surface area contributed by atoms with Crippen molar-refractivity contribution in [2.24, 2.45) is 0 Å². The summed E-state index contributed by atoms with van der Waals surface area (Å²) in [5, 5.41) is 0.929. The molecule has 0 radical (unpaired) electrons. The molecule has 0 spiro atoms. The van der Waals surface area contributed by atoms with Crippen LogP contribution in [-0.4, -0.2) is 14.2 Å². The second kappa shape index (κ2) is 5.76. The van der Waals surface area contributed by atoms with E-state index in [1.165, 1.54) is 0 Å². The van der Waals surface area contributed by atoms with Crippen LogP contribution in [0.15, 0.2) is 36.4 Å². The molecule has 1 fully saturated rings. The summed E-state index contributed by atoms with van der Waals surface area (Å²) in [6, 6.07) is 11.6. The van der Waals surface area contributed by atoms with E-state index in [0.29, 0.717) is 27.1 Å². The molecular weight excluding hydrogens is 311 g/mol. The van der Waals surface area contributed by atoms with Crippen LogP contribution in [0.4, 0.5) is 0 Å². The maximum atomic E-state index is 6.39. The highest BCUT2D eigenvalue weighted by Gasteiger charge is 2.45. The number of methoxy groups -OCH3 is 2. The molecule has 21 heavy (non-hydrogen) atoms. The lowest BCUT2D eigenvalue weighted by molar-refractivity contribution is 0.372. The zero-order chi connectivity index (χ0) is 15.0. The van der Waals surface area contributed by atoms with Gasteiger partial charge in [0, 0.05) is 11.6 Å². The van der Waals surface area contributed by atoms with E-state index in [1.807, 2.05) is 30.3 Å². The number of hydrogen-bond donors (Lipinski definition) is 0. The van der Waals surface area contributed by atoms with Gasteiger partial charge in [-0.1, -0.05) is 53.5 Å². The summed E-state index contributed by atoms with van der Waals surface area (Å²) in [7, 11) is 3.11. The van der Waals surface area contributed by atoms with Gasteiger partial charge >= 0.3 is 0 Å². The molecule has 1 aliphatic heterocycles. The fraction of sp³-hybridized carbons (Fsp3) is 0.250. The van der Waals surface area contributed by atoms with Crippen LogP contribution >= 0.6 is 23.2 Å². The van der Waals surface area contributed by atoms with E-state index in [4.69, 9.17) is 37.4 Å². The lowest BCUT2D eigenvalue weighted by Gasteiger charge is -2.13. The van der Waals surface area contributed by atoms with E-state index in [2.05, 4.69) is 0 Å². The first kappa shape index (κ1) is 14.5. The summed E-state index contributed by atoms with van der Waals surface area (Å²) < 4.78 is 16.3. The highest BCUT2D eigenvalue weighted by molar-refractivity contribution is 6.38. The molecule has 2 aromatic rings. The van der Waals surface area contributed by atoms with Crippen molar-refractivity contribution in [2.75, 3.05) is 14.2 Å². The number of halogens is 2. The summed E-state index contributed by atoms with van der Waals surface area (Å²) in [6.07, 6.45) is -0.227. The summed E-state index contributed by atoms with van der Waals surface area (Å²) in [5.74, 6) is 1.05. The van der Waals surface area contributed by atoms with Crippen molar-refractivity contribution in [1.29, 1.82) is 0 Å². The van der Waals surface area contributed by atoms with Gasteiger partial charge in [-0.25, -0.2) is 0 Å². The number of rotatable bonds is 4. The fourth-order valence-electron chi connectivity index (χ4n) is 2.38. The van der Waals surface area contributed by atoms with Crippen molar-refractivity contribution >= 4 is 23.2 Å². The molecule has 0 amide bonds. The van der Waals surface area contributed by atoms with Crippen molar-refractivity contribution in [1.82, 2.24) is 0 Å². The van der Waals surface area contributed by atoms with Gasteiger partial charge in [0.2, 0.25) is 0 Å². The molecule has 0 saturated carbocycles. The SMILES string of the molecule is COc1cc(OC)c(Cl)c(C2OC2c2ccccc2)c1Cl. The first-order chi connectivity index (χ1) is 10.2. The smallest absolute Gasteiger partial charge is 0.141 e. The third-order valence-electron chi connectivity index (χ3n) is 3.51. The Bertz CT molecular complexity index is 630. The number of epoxide rings is 1. The Kier molecular flexibility index (Phi) is 3.98. The molecule has 3 nitrogen and oxygen atoms in total. The Labute approximate surface area is 133 Å². The molecule has 2 unspecified atom stereocenters. The molecule has 0 N–H and O–H groups in total. The Balaban J connectivity index is 2.00. The first-order valence-electron chi connectivity index (χ1n) is 6.47. The van der Waals surface area contributed by atoms with Crippen LogP contribution in [-0.2, 0) is 4.74 Å². The number of hydrogen-bond acceptors (Lipinski definition) is 3. The maximum Gasteiger partial charge on any atom is 0.141 e. The van der Waals surface area contributed by atoms with Crippen LogP contribution in [0, 0.1) is 0 Å². The van der Waals surface area contributed by atoms with Gasteiger partial charge in [0.1, 0.15) is 23.7 Å². The molecule has 5 heteroatoms. The van der Waals surface area contributed by atoms with Crippen molar-refractivity contribution in [2.45, 2.75) is 12.2 Å². The summed E-state index contributed by atoms with van der Waals surface area (Å²) in [6.45, 7) is 0. The van der Waals surface area contributed by atoms with E-state index >= 15 is 0 Å². The van der Waals surface area contributed by atoms with Crippen LogP contribution in [0.1, 0.15) is 23.3 Å². The average Bonchev–Trinajstić information content (AvgIpc) is 3.29. The average molecular weight is 325 g/mol. The van der Waals surface area contributed by atoms with Crippen LogP contribution in [0.25, 0.3) is 0 Å². The molecule has 2 aromatic carbocycles. The van der Waals surface area contributed by atoms with E-state index in [-0.39, 0.29) is 12.2 Å². The van der Waals surface area contributed by atoms with Gasteiger partial charge < -0.3 is 14.2 Å². The van der Waals surface area contributed by atoms with Gasteiger partial charge in [-0.2, -0.15) is 0 Å². The van der Waals surface area contributed by atoms with E-state index in [0.717, 1.165) is 5.56 Å². The topological polar surface area (TPSA) is 31.0 Å². The molecule has 0 aromatic heterocycles. The van der Waals surface area contributed by atoms with Gasteiger partial charge in [-0.05, 0) is 5.56 Å². The lowest BCUT2D eigenvalue weighted by atomic mass is 10.0. The van der Waals surface area contributed by atoms with Gasteiger partial charge in [0.25, 0.3) is 0 Å². The van der Waals surface area contributed by atoms with Gasteiger partial charge in [-0.3, -0.25) is 0 Å². The summed E-state index contributed by atoms with van der Waals surface area (Å²) in [4.78, 5) is 0. The van der Waals surface area contributed by atoms with Crippen LogP contribution in [0.3, 0.4) is 0 Å². The van der Waals surface area contributed by atoms with E-state index in [9.17, 15) is 0 Å². The molecule has 0 aliphatic carbocycles. The van der Waals surface area contributed by atoms with Crippen molar-refractivity contribution in [3.63, 3.8) is 0 Å². The molecule has 2 atom stereocenters. The minimum absolute atomic E-state index is 0.0435. The van der Waals surface area contributed by atoms with E-state index < -0.39 is 0 Å². The monoisotopic (exact) mass is 324 g/mol. The predicted molar refractivity (Wildman–Crippen MR) is 82.6 cm³/mol. The van der Waals surface area contributed by atoms with Crippen molar-refractivity contribution < 1.29 is 14.2 Å². The predicted octanol–water partition coefficient (Wildman–Crippen LogP) is 4.82. The van der Waals surface area contributed by atoms with Crippen LogP contribution in [0.2, 0.25) is 10.0 Å². The molecule has 1 aliphatic rings. The summed E-state index contributed by atoms with van der Waals surface area (Å²) >= 11 is 12.8. The Morgan fingerprint density at radius 1 is 0.905 bits per heavy atom. The Morgan fingerprint density at radius 3 is 2.00 bits per heavy atom. The van der Waals surface area contributed by atoms with E-state index in [1.54, 1.807) is 20.3 Å². The third-order valence-corrected chi connectivity index (χ3v) is 4.29. The normalized spacial score (nSPS) is 20.2. The molecule has 110 valence electrons. The van der Waals surface area contributed by atoms with Crippen LogP contribution < -0.4 is 9.47 Å². The molecule has 0 bridgehead atoms. The second-order valence-electron chi connectivity index (χ2n) is 4.71. The van der Waals surface area contributed by atoms with Crippen molar-refractivity contribution in [3.8, 4) is 11.5 Å². The minimum atomic E-state index is -0.184. The molecule has 3 rings (SSSR count). The number of benzene rings is 2. The minimum Gasteiger partial charge on any atom is -0.495 e. The molecular formula is C16H14Cl2O3. The van der Waals surface area contributed by atoms with Crippen molar-refractivity contribution in [3.05, 3.63) is 57.6 Å². The Hall–Kier alpha value is -1.42. The number of ether oxygens (including phenoxy) is 3. The largest absolute Gasteiger partial charge is 0.495 e.